The second-order valence-corrected chi connectivity index (χ2v) is 7.12. The molecule has 2 heterocycles. The molecular weight excluding hydrogens is 306 g/mol. The van der Waals surface area contributed by atoms with Gasteiger partial charge in [-0.1, -0.05) is 6.92 Å². The molecule has 1 aromatic carbocycles. The molecule has 0 aliphatic carbocycles. The van der Waals surface area contributed by atoms with E-state index in [4.69, 9.17) is 0 Å². The zero-order chi connectivity index (χ0) is 16.2. The van der Waals surface area contributed by atoms with Crippen molar-refractivity contribution in [3.05, 3.63) is 29.3 Å². The van der Waals surface area contributed by atoms with Gasteiger partial charge in [-0.15, -0.1) is 11.8 Å². The SMILES string of the molecule is CCCSc1ccc(N2CC3=C(CCN=C3)C2)cc1N(C)C=O. The van der Waals surface area contributed by atoms with Crippen molar-refractivity contribution in [3.63, 3.8) is 0 Å². The largest absolute Gasteiger partial charge is 0.363 e. The lowest BCUT2D eigenvalue weighted by molar-refractivity contribution is -0.107. The molecule has 2 aliphatic heterocycles. The smallest absolute Gasteiger partial charge is 0.213 e. The lowest BCUT2D eigenvalue weighted by Crippen LogP contribution is -2.22. The van der Waals surface area contributed by atoms with Gasteiger partial charge in [0, 0.05) is 43.5 Å². The van der Waals surface area contributed by atoms with Gasteiger partial charge < -0.3 is 9.80 Å². The molecule has 0 saturated heterocycles. The number of thioether (sulfide) groups is 1. The van der Waals surface area contributed by atoms with E-state index in [1.165, 1.54) is 21.7 Å². The zero-order valence-corrected chi connectivity index (χ0v) is 14.6. The van der Waals surface area contributed by atoms with E-state index in [-0.39, 0.29) is 0 Å². The number of aliphatic imine (C=N–C) groups is 1. The quantitative estimate of drug-likeness (QED) is 0.593. The van der Waals surface area contributed by atoms with Gasteiger partial charge in [-0.3, -0.25) is 9.79 Å². The third kappa shape index (κ3) is 3.44. The second-order valence-electron chi connectivity index (χ2n) is 5.99. The summed E-state index contributed by atoms with van der Waals surface area (Å²) in [5.41, 5.74) is 5.05. The van der Waals surface area contributed by atoms with Crippen molar-refractivity contribution in [3.8, 4) is 0 Å². The van der Waals surface area contributed by atoms with E-state index in [1.54, 1.807) is 4.90 Å². The Bertz CT molecular complexity index is 654. The first-order valence-electron chi connectivity index (χ1n) is 8.13. The topological polar surface area (TPSA) is 35.9 Å². The average Bonchev–Trinajstić information content (AvgIpc) is 3.03. The number of carbonyl (C=O) groups is 1. The van der Waals surface area contributed by atoms with E-state index in [0.717, 1.165) is 50.3 Å². The van der Waals surface area contributed by atoms with Crippen LogP contribution in [0.25, 0.3) is 0 Å². The highest BCUT2D eigenvalue weighted by Gasteiger charge is 2.23. The number of amides is 1. The Morgan fingerprint density at radius 1 is 1.39 bits per heavy atom. The number of anilines is 2. The summed E-state index contributed by atoms with van der Waals surface area (Å²) in [5, 5.41) is 0. The molecule has 0 aromatic heterocycles. The van der Waals surface area contributed by atoms with E-state index in [1.807, 2.05) is 25.0 Å². The Morgan fingerprint density at radius 2 is 2.26 bits per heavy atom. The highest BCUT2D eigenvalue weighted by atomic mass is 32.2. The van der Waals surface area contributed by atoms with Crippen molar-refractivity contribution in [2.45, 2.75) is 24.7 Å². The summed E-state index contributed by atoms with van der Waals surface area (Å²) < 4.78 is 0. The Hall–Kier alpha value is -1.75. The molecule has 0 N–H and O–H groups in total. The lowest BCUT2D eigenvalue weighted by atomic mass is 10.1. The van der Waals surface area contributed by atoms with Gasteiger partial charge in [0.15, 0.2) is 0 Å². The summed E-state index contributed by atoms with van der Waals surface area (Å²) in [5.74, 6) is 1.06. The van der Waals surface area contributed by atoms with Crippen LogP contribution in [0.2, 0.25) is 0 Å². The molecule has 0 fully saturated rings. The van der Waals surface area contributed by atoms with Crippen LogP contribution >= 0.6 is 11.8 Å². The average molecular weight is 329 g/mol. The Kier molecular flexibility index (Phi) is 5.06. The molecule has 122 valence electrons. The standard InChI is InChI=1S/C18H23N3OS/c1-3-8-23-18-5-4-16(9-17(18)20(2)13-22)21-11-14-6-7-19-10-15(14)12-21/h4-5,9-10,13H,3,6-8,11-12H2,1-2H3. The normalized spacial score (nSPS) is 16.7. The van der Waals surface area contributed by atoms with Crippen molar-refractivity contribution < 1.29 is 4.79 Å². The number of hydrogen-bond acceptors (Lipinski definition) is 4. The third-order valence-corrected chi connectivity index (χ3v) is 5.56. The Labute approximate surface area is 142 Å². The number of hydrogen-bond donors (Lipinski definition) is 0. The molecule has 5 heteroatoms. The van der Waals surface area contributed by atoms with E-state index < -0.39 is 0 Å². The summed E-state index contributed by atoms with van der Waals surface area (Å²) in [6, 6.07) is 6.47. The highest BCUT2D eigenvalue weighted by molar-refractivity contribution is 7.99. The fourth-order valence-electron chi connectivity index (χ4n) is 3.00. The highest BCUT2D eigenvalue weighted by Crippen LogP contribution is 2.35. The first-order valence-corrected chi connectivity index (χ1v) is 9.12. The fourth-order valence-corrected chi connectivity index (χ4v) is 3.94. The molecule has 0 atom stereocenters. The number of dihydropyridines is 1. The molecule has 4 nitrogen and oxygen atoms in total. The van der Waals surface area contributed by atoms with E-state index in [0.29, 0.717) is 0 Å². The molecule has 23 heavy (non-hydrogen) atoms. The maximum Gasteiger partial charge on any atom is 0.213 e. The van der Waals surface area contributed by atoms with Gasteiger partial charge in [-0.2, -0.15) is 0 Å². The van der Waals surface area contributed by atoms with E-state index in [2.05, 4.69) is 35.0 Å². The van der Waals surface area contributed by atoms with Gasteiger partial charge in [0.25, 0.3) is 0 Å². The molecule has 2 aliphatic rings. The van der Waals surface area contributed by atoms with Crippen molar-refractivity contribution >= 4 is 35.8 Å². The predicted octanol–water partition coefficient (Wildman–Crippen LogP) is 3.37. The minimum absolute atomic E-state index is 0.884. The molecule has 0 unspecified atom stereocenters. The van der Waals surface area contributed by atoms with Crippen LogP contribution in [0.4, 0.5) is 11.4 Å². The predicted molar refractivity (Wildman–Crippen MR) is 99.1 cm³/mol. The maximum absolute atomic E-state index is 11.2. The third-order valence-electron chi connectivity index (χ3n) is 4.29. The monoisotopic (exact) mass is 329 g/mol. The summed E-state index contributed by atoms with van der Waals surface area (Å²) in [6.45, 7) is 4.99. The molecule has 0 saturated carbocycles. The first kappa shape index (κ1) is 16.1. The minimum atomic E-state index is 0.884. The fraction of sp³-hybridized carbons (Fsp3) is 0.444. The van der Waals surface area contributed by atoms with Gasteiger partial charge in [0.05, 0.1) is 5.69 Å². The van der Waals surface area contributed by atoms with Crippen LogP contribution in [-0.2, 0) is 4.79 Å². The lowest BCUT2D eigenvalue weighted by Gasteiger charge is -2.23. The van der Waals surface area contributed by atoms with Gasteiger partial charge in [-0.05, 0) is 47.9 Å². The van der Waals surface area contributed by atoms with Crippen LogP contribution < -0.4 is 9.80 Å². The summed E-state index contributed by atoms with van der Waals surface area (Å²) in [6.07, 6.45) is 5.12. The molecule has 1 aromatic rings. The number of nitrogens with zero attached hydrogens (tertiary/aromatic N) is 3. The molecule has 1 amide bonds. The van der Waals surface area contributed by atoms with Crippen molar-refractivity contribution in [2.75, 3.05) is 42.2 Å². The number of carbonyl (C=O) groups excluding carboxylic acids is 1. The van der Waals surface area contributed by atoms with Crippen molar-refractivity contribution in [1.82, 2.24) is 0 Å². The maximum atomic E-state index is 11.2. The van der Waals surface area contributed by atoms with Crippen molar-refractivity contribution in [2.24, 2.45) is 4.99 Å². The van der Waals surface area contributed by atoms with Crippen LogP contribution in [0.5, 0.6) is 0 Å². The van der Waals surface area contributed by atoms with Gasteiger partial charge in [0.1, 0.15) is 0 Å². The molecule has 0 spiro atoms. The second kappa shape index (κ2) is 7.21. The van der Waals surface area contributed by atoms with Crippen molar-refractivity contribution in [1.29, 1.82) is 0 Å². The summed E-state index contributed by atoms with van der Waals surface area (Å²) in [7, 11) is 1.82. The molecular formula is C18H23N3OS. The zero-order valence-electron chi connectivity index (χ0n) is 13.8. The number of rotatable bonds is 6. The Morgan fingerprint density at radius 3 is 3.00 bits per heavy atom. The van der Waals surface area contributed by atoms with Crippen LogP contribution in [0.1, 0.15) is 19.8 Å². The van der Waals surface area contributed by atoms with E-state index >= 15 is 0 Å². The van der Waals surface area contributed by atoms with E-state index in [9.17, 15) is 4.79 Å². The Balaban J connectivity index is 1.83. The molecule has 0 radical (unpaired) electrons. The van der Waals surface area contributed by atoms with Gasteiger partial charge in [0.2, 0.25) is 6.41 Å². The van der Waals surface area contributed by atoms with Crippen LogP contribution in [0, 0.1) is 0 Å². The number of benzene rings is 1. The summed E-state index contributed by atoms with van der Waals surface area (Å²) in [4.78, 5) is 20.9. The summed E-state index contributed by atoms with van der Waals surface area (Å²) >= 11 is 1.81. The van der Waals surface area contributed by atoms with Crippen LogP contribution in [0.3, 0.4) is 0 Å². The van der Waals surface area contributed by atoms with Crippen LogP contribution in [0.15, 0.2) is 39.2 Å². The van der Waals surface area contributed by atoms with Gasteiger partial charge >= 0.3 is 0 Å². The minimum Gasteiger partial charge on any atom is -0.363 e. The van der Waals surface area contributed by atoms with Crippen LogP contribution in [-0.4, -0.2) is 45.1 Å². The first-order chi connectivity index (χ1) is 11.2. The molecule has 0 bridgehead atoms. The molecule has 3 rings (SSSR count). The van der Waals surface area contributed by atoms with Gasteiger partial charge in [-0.25, -0.2) is 0 Å².